The molecule has 2 rings (SSSR count). The second-order valence-corrected chi connectivity index (χ2v) is 3.99. The van der Waals surface area contributed by atoms with Gasteiger partial charge in [-0.15, -0.1) is 0 Å². The van der Waals surface area contributed by atoms with E-state index in [1.807, 2.05) is 13.8 Å². The first-order valence-electron chi connectivity index (χ1n) is 6.65. The van der Waals surface area contributed by atoms with Crippen LogP contribution in [0.1, 0.15) is 34.6 Å². The average Bonchev–Trinajstić information content (AvgIpc) is 2.53. The number of hydrogen-bond donors (Lipinski definition) is 2. The van der Waals surface area contributed by atoms with E-state index in [1.165, 1.54) is 26.4 Å². The van der Waals surface area contributed by atoms with Crippen molar-refractivity contribution in [2.45, 2.75) is 13.8 Å². The summed E-state index contributed by atoms with van der Waals surface area (Å²) in [6, 6.07) is 6.19. The molecule has 0 atom stereocenters. The number of fused-ring (bicyclic) bond motifs is 1. The summed E-state index contributed by atoms with van der Waals surface area (Å²) >= 11 is 0. The molecule has 0 aromatic heterocycles. The quantitative estimate of drug-likeness (QED) is 0.900. The summed E-state index contributed by atoms with van der Waals surface area (Å²) in [6.45, 7) is 4.00. The topological polar surface area (TPSA) is 93.1 Å². The summed E-state index contributed by atoms with van der Waals surface area (Å²) in [4.78, 5) is 22.9. The van der Waals surface area contributed by atoms with Crippen LogP contribution in [0, 0.1) is 0 Å². The van der Waals surface area contributed by atoms with Crippen molar-refractivity contribution < 1.29 is 29.3 Å². The maximum Gasteiger partial charge on any atom is 0.340 e. The molecule has 0 bridgehead atoms. The molecule has 0 amide bonds. The van der Waals surface area contributed by atoms with Gasteiger partial charge in [-0.3, -0.25) is 0 Å². The van der Waals surface area contributed by atoms with Gasteiger partial charge in [-0.2, -0.15) is 0 Å². The molecule has 0 spiro atoms. The number of benzene rings is 2. The molecule has 0 saturated heterocycles. The molecule has 0 fully saturated rings. The Bertz CT molecular complexity index is 649. The summed E-state index contributed by atoms with van der Waals surface area (Å²) in [5.41, 5.74) is -0.386. The van der Waals surface area contributed by atoms with Crippen LogP contribution < -0.4 is 9.47 Å². The first-order valence-corrected chi connectivity index (χ1v) is 6.65. The van der Waals surface area contributed by atoms with E-state index in [0.29, 0.717) is 5.39 Å². The predicted octanol–water partition coefficient (Wildman–Crippen LogP) is 3.28. The largest absolute Gasteiger partial charge is 0.496 e. The Balaban J connectivity index is 0.00000116. The number of carboxylic acids is 2. The number of methoxy groups -OCH3 is 2. The Morgan fingerprint density at radius 2 is 1.18 bits per heavy atom. The van der Waals surface area contributed by atoms with Gasteiger partial charge in [0.15, 0.2) is 0 Å². The number of rotatable bonds is 4. The Morgan fingerprint density at radius 1 is 0.818 bits per heavy atom. The van der Waals surface area contributed by atoms with Gasteiger partial charge in [0.25, 0.3) is 0 Å². The minimum absolute atomic E-state index is 0.0868. The monoisotopic (exact) mass is 306 g/mol. The molecule has 0 radical (unpaired) electrons. The van der Waals surface area contributed by atoms with E-state index < -0.39 is 11.9 Å². The Labute approximate surface area is 127 Å². The zero-order valence-electron chi connectivity index (χ0n) is 12.8. The lowest BCUT2D eigenvalue weighted by molar-refractivity contribution is 0.0692. The van der Waals surface area contributed by atoms with Gasteiger partial charge >= 0.3 is 11.9 Å². The van der Waals surface area contributed by atoms with Crippen LogP contribution in [0.15, 0.2) is 24.3 Å². The van der Waals surface area contributed by atoms with Crippen molar-refractivity contribution in [1.29, 1.82) is 0 Å². The molecule has 2 aromatic rings. The Kier molecular flexibility index (Phi) is 5.74. The lowest BCUT2D eigenvalue weighted by Gasteiger charge is -2.13. The molecule has 0 aliphatic heterocycles. The van der Waals surface area contributed by atoms with Gasteiger partial charge in [0.05, 0.1) is 14.2 Å². The Hall–Kier alpha value is -2.76. The molecule has 2 aromatic carbocycles. The van der Waals surface area contributed by atoms with Gasteiger partial charge < -0.3 is 19.7 Å². The second-order valence-electron chi connectivity index (χ2n) is 3.99. The lowest BCUT2D eigenvalue weighted by Crippen LogP contribution is -2.08. The van der Waals surface area contributed by atoms with E-state index in [2.05, 4.69) is 0 Å². The van der Waals surface area contributed by atoms with Crippen molar-refractivity contribution in [3.63, 3.8) is 0 Å². The summed E-state index contributed by atoms with van der Waals surface area (Å²) in [5.74, 6) is -2.33. The molecular weight excluding hydrogens is 288 g/mol. The van der Waals surface area contributed by atoms with Crippen molar-refractivity contribution in [3.8, 4) is 11.5 Å². The molecule has 0 unspecified atom stereocenters. The normalized spacial score (nSPS) is 9.64. The number of carboxylic acid groups (broad SMARTS) is 2. The Morgan fingerprint density at radius 3 is 1.45 bits per heavy atom. The highest BCUT2D eigenvalue weighted by Gasteiger charge is 2.23. The number of carbonyl (C=O) groups is 2. The highest BCUT2D eigenvalue weighted by molar-refractivity contribution is 6.15. The molecule has 118 valence electrons. The molecular formula is C16H18O6. The second kappa shape index (κ2) is 7.31. The molecule has 0 saturated carbocycles. The third-order valence-electron chi connectivity index (χ3n) is 2.98. The zero-order chi connectivity index (χ0) is 16.9. The fourth-order valence-corrected chi connectivity index (χ4v) is 2.14. The van der Waals surface area contributed by atoms with Gasteiger partial charge in [-0.1, -0.05) is 26.0 Å². The standard InChI is InChI=1S/C14H12O6.C2H6/c1-19-8-5-3-7-4-6-9(20-2)12(14(17)18)10(7)11(8)13(15)16;1-2/h3-6H,1-2H3,(H,15,16)(H,17,18);1-2H3. The van der Waals surface area contributed by atoms with E-state index in [9.17, 15) is 19.8 Å². The molecule has 0 aliphatic carbocycles. The molecule has 0 aliphatic rings. The predicted molar refractivity (Wildman–Crippen MR) is 82.3 cm³/mol. The van der Waals surface area contributed by atoms with Crippen LogP contribution in [0.4, 0.5) is 0 Å². The van der Waals surface area contributed by atoms with E-state index in [4.69, 9.17) is 9.47 Å². The van der Waals surface area contributed by atoms with E-state index in [1.54, 1.807) is 12.1 Å². The maximum absolute atomic E-state index is 11.5. The zero-order valence-corrected chi connectivity index (χ0v) is 12.8. The number of hydrogen-bond acceptors (Lipinski definition) is 4. The minimum atomic E-state index is -1.26. The van der Waals surface area contributed by atoms with Gasteiger partial charge in [0.1, 0.15) is 22.6 Å². The first-order chi connectivity index (χ1) is 10.5. The summed E-state index contributed by atoms with van der Waals surface area (Å²) in [7, 11) is 2.66. The van der Waals surface area contributed by atoms with Gasteiger partial charge in [0.2, 0.25) is 0 Å². The van der Waals surface area contributed by atoms with Crippen LogP contribution in [0.25, 0.3) is 10.8 Å². The average molecular weight is 306 g/mol. The van der Waals surface area contributed by atoms with Crippen LogP contribution in [0.5, 0.6) is 11.5 Å². The molecule has 6 heteroatoms. The molecule has 6 nitrogen and oxygen atoms in total. The number of ether oxygens (including phenoxy) is 2. The van der Waals surface area contributed by atoms with Crippen molar-refractivity contribution in [1.82, 2.24) is 0 Å². The van der Waals surface area contributed by atoms with Gasteiger partial charge in [0, 0.05) is 5.39 Å². The van der Waals surface area contributed by atoms with Crippen molar-refractivity contribution >= 4 is 22.7 Å². The fraction of sp³-hybridized carbons (Fsp3) is 0.250. The highest BCUT2D eigenvalue weighted by Crippen LogP contribution is 2.35. The van der Waals surface area contributed by atoms with E-state index in [0.717, 1.165) is 0 Å². The number of aromatic carboxylic acids is 2. The molecule has 22 heavy (non-hydrogen) atoms. The van der Waals surface area contributed by atoms with Crippen LogP contribution in [-0.4, -0.2) is 36.4 Å². The smallest absolute Gasteiger partial charge is 0.340 e. The van der Waals surface area contributed by atoms with Crippen molar-refractivity contribution in [2.24, 2.45) is 0 Å². The van der Waals surface area contributed by atoms with Crippen molar-refractivity contribution in [3.05, 3.63) is 35.4 Å². The molecule has 0 heterocycles. The fourth-order valence-electron chi connectivity index (χ4n) is 2.14. The maximum atomic E-state index is 11.5. The molecule has 2 N–H and O–H groups in total. The third kappa shape index (κ3) is 2.95. The van der Waals surface area contributed by atoms with Gasteiger partial charge in [-0.25, -0.2) is 9.59 Å². The van der Waals surface area contributed by atoms with Crippen LogP contribution in [-0.2, 0) is 0 Å². The van der Waals surface area contributed by atoms with Crippen LogP contribution >= 0.6 is 0 Å². The summed E-state index contributed by atoms with van der Waals surface area (Å²) < 4.78 is 10.0. The highest BCUT2D eigenvalue weighted by atomic mass is 16.5. The first kappa shape index (κ1) is 17.3. The van der Waals surface area contributed by atoms with E-state index in [-0.39, 0.29) is 28.0 Å². The van der Waals surface area contributed by atoms with Gasteiger partial charge in [-0.05, 0) is 17.5 Å². The lowest BCUT2D eigenvalue weighted by atomic mass is 9.97. The van der Waals surface area contributed by atoms with Crippen molar-refractivity contribution in [2.75, 3.05) is 14.2 Å². The third-order valence-corrected chi connectivity index (χ3v) is 2.98. The SMILES string of the molecule is CC.COc1ccc2ccc(OC)c(C(=O)O)c2c1C(=O)O. The van der Waals surface area contributed by atoms with E-state index >= 15 is 0 Å². The summed E-state index contributed by atoms with van der Waals surface area (Å²) in [6.07, 6.45) is 0. The van der Waals surface area contributed by atoms with Crippen LogP contribution in [0.3, 0.4) is 0 Å². The summed E-state index contributed by atoms with van der Waals surface area (Å²) in [5, 5.41) is 19.3. The minimum Gasteiger partial charge on any atom is -0.496 e. The van der Waals surface area contributed by atoms with Crippen LogP contribution in [0.2, 0.25) is 0 Å².